The number of carbonyl (C=O) groups is 2. The molecule has 1 aliphatic heterocycles. The number of hydrogen-bond acceptors (Lipinski definition) is 4. The number of hydrogen-bond donors (Lipinski definition) is 2. The number of rotatable bonds is 5. The SMILES string of the molecule is COc1ccc(NC(=O)NC2CC(=O)N(CC(C)(C)C)C2)c(OC)c1. The van der Waals surface area contributed by atoms with Gasteiger partial charge in [-0.25, -0.2) is 4.79 Å². The van der Waals surface area contributed by atoms with Crippen LogP contribution in [0.4, 0.5) is 10.5 Å². The van der Waals surface area contributed by atoms with E-state index in [9.17, 15) is 9.59 Å². The van der Waals surface area contributed by atoms with E-state index >= 15 is 0 Å². The van der Waals surface area contributed by atoms with Gasteiger partial charge in [-0.1, -0.05) is 20.8 Å². The summed E-state index contributed by atoms with van der Waals surface area (Å²) in [5.41, 5.74) is 0.570. The summed E-state index contributed by atoms with van der Waals surface area (Å²) in [5.74, 6) is 1.22. The Balaban J connectivity index is 1.94. The summed E-state index contributed by atoms with van der Waals surface area (Å²) in [4.78, 5) is 26.1. The third-order valence-corrected chi connectivity index (χ3v) is 3.87. The highest BCUT2D eigenvalue weighted by molar-refractivity contribution is 5.92. The lowest BCUT2D eigenvalue weighted by Crippen LogP contribution is -2.41. The summed E-state index contributed by atoms with van der Waals surface area (Å²) in [6.07, 6.45) is 0.323. The first-order valence-electron chi connectivity index (χ1n) is 8.29. The van der Waals surface area contributed by atoms with Crippen molar-refractivity contribution < 1.29 is 19.1 Å². The molecule has 1 aromatic carbocycles. The number of amides is 3. The van der Waals surface area contributed by atoms with E-state index in [0.717, 1.165) is 0 Å². The molecule has 1 unspecified atom stereocenters. The van der Waals surface area contributed by atoms with Crippen LogP contribution in [0.2, 0.25) is 0 Å². The summed E-state index contributed by atoms with van der Waals surface area (Å²) in [5, 5.41) is 5.61. The second kappa shape index (κ2) is 7.63. The van der Waals surface area contributed by atoms with Crippen molar-refractivity contribution in [3.63, 3.8) is 0 Å². The molecule has 7 heteroatoms. The molecule has 0 bridgehead atoms. The molecule has 1 fully saturated rings. The Morgan fingerprint density at radius 3 is 2.60 bits per heavy atom. The highest BCUT2D eigenvalue weighted by Gasteiger charge is 2.32. The number of carbonyl (C=O) groups excluding carboxylic acids is 2. The molecule has 0 aliphatic carbocycles. The molecule has 0 radical (unpaired) electrons. The first kappa shape index (κ1) is 18.9. The van der Waals surface area contributed by atoms with Crippen LogP contribution >= 0.6 is 0 Å². The molecule has 25 heavy (non-hydrogen) atoms. The van der Waals surface area contributed by atoms with E-state index in [1.807, 2.05) is 0 Å². The van der Waals surface area contributed by atoms with Gasteiger partial charge in [-0.15, -0.1) is 0 Å². The van der Waals surface area contributed by atoms with Gasteiger partial charge in [0.2, 0.25) is 5.91 Å². The normalized spacial score (nSPS) is 17.4. The molecule has 1 aliphatic rings. The predicted molar refractivity (Wildman–Crippen MR) is 96.1 cm³/mol. The van der Waals surface area contributed by atoms with E-state index in [0.29, 0.717) is 36.7 Å². The Labute approximate surface area is 148 Å². The minimum Gasteiger partial charge on any atom is -0.497 e. The van der Waals surface area contributed by atoms with E-state index in [-0.39, 0.29) is 23.4 Å². The van der Waals surface area contributed by atoms with Crippen molar-refractivity contribution in [2.24, 2.45) is 5.41 Å². The van der Waals surface area contributed by atoms with Crippen LogP contribution in [0.1, 0.15) is 27.2 Å². The van der Waals surface area contributed by atoms with E-state index in [4.69, 9.17) is 9.47 Å². The number of urea groups is 1. The van der Waals surface area contributed by atoms with Crippen LogP contribution in [0, 0.1) is 5.41 Å². The molecular weight excluding hydrogens is 322 g/mol. The van der Waals surface area contributed by atoms with E-state index in [1.165, 1.54) is 7.11 Å². The fourth-order valence-electron chi connectivity index (χ4n) is 2.84. The third-order valence-electron chi connectivity index (χ3n) is 3.87. The maximum absolute atomic E-state index is 12.3. The van der Waals surface area contributed by atoms with Gasteiger partial charge < -0.3 is 25.0 Å². The standard InChI is InChI=1S/C18H27N3O4/c1-18(2,3)11-21-10-12(8-16(21)22)19-17(23)20-14-7-6-13(24-4)9-15(14)25-5/h6-7,9,12H,8,10-11H2,1-5H3,(H2,19,20,23). The smallest absolute Gasteiger partial charge is 0.319 e. The molecule has 7 nitrogen and oxygen atoms in total. The second-order valence-corrected chi connectivity index (χ2v) is 7.40. The maximum Gasteiger partial charge on any atom is 0.319 e. The van der Waals surface area contributed by atoms with Crippen LogP contribution in [0.15, 0.2) is 18.2 Å². The Bertz CT molecular complexity index is 640. The van der Waals surface area contributed by atoms with Crippen LogP contribution < -0.4 is 20.1 Å². The average molecular weight is 349 g/mol. The van der Waals surface area contributed by atoms with E-state index in [1.54, 1.807) is 30.2 Å². The molecule has 0 saturated carbocycles. The van der Waals surface area contributed by atoms with Crippen LogP contribution in [0.5, 0.6) is 11.5 Å². The molecular formula is C18H27N3O4. The summed E-state index contributed by atoms with van der Waals surface area (Å²) >= 11 is 0. The predicted octanol–water partition coefficient (Wildman–Crippen LogP) is 2.47. The number of anilines is 1. The summed E-state index contributed by atoms with van der Waals surface area (Å²) in [6, 6.07) is 4.59. The van der Waals surface area contributed by atoms with Crippen LogP contribution in [-0.4, -0.2) is 50.2 Å². The lowest BCUT2D eigenvalue weighted by Gasteiger charge is -2.26. The number of likely N-dealkylation sites (tertiary alicyclic amines) is 1. The van der Waals surface area contributed by atoms with Crippen LogP contribution in [0.3, 0.4) is 0 Å². The topological polar surface area (TPSA) is 79.9 Å². The molecule has 2 rings (SSSR count). The Morgan fingerprint density at radius 1 is 1.28 bits per heavy atom. The van der Waals surface area contributed by atoms with E-state index < -0.39 is 0 Å². The third kappa shape index (κ3) is 5.27. The van der Waals surface area contributed by atoms with Gasteiger partial charge in [0.25, 0.3) is 0 Å². The molecule has 1 atom stereocenters. The minimum atomic E-state index is -0.362. The molecule has 138 valence electrons. The van der Waals surface area contributed by atoms with E-state index in [2.05, 4.69) is 31.4 Å². The Kier molecular flexibility index (Phi) is 5.77. The zero-order valence-electron chi connectivity index (χ0n) is 15.5. The maximum atomic E-state index is 12.3. The minimum absolute atomic E-state index is 0.0310. The van der Waals surface area contributed by atoms with Gasteiger partial charge in [-0.3, -0.25) is 4.79 Å². The fourth-order valence-corrected chi connectivity index (χ4v) is 2.84. The monoisotopic (exact) mass is 349 g/mol. The molecule has 1 heterocycles. The first-order chi connectivity index (χ1) is 11.7. The number of nitrogens with one attached hydrogen (secondary N) is 2. The highest BCUT2D eigenvalue weighted by Crippen LogP contribution is 2.29. The summed E-state index contributed by atoms with van der Waals surface area (Å²) in [6.45, 7) is 7.47. The molecule has 1 saturated heterocycles. The van der Waals surface area contributed by atoms with Gasteiger partial charge in [0, 0.05) is 25.6 Å². The lowest BCUT2D eigenvalue weighted by molar-refractivity contribution is -0.128. The van der Waals surface area contributed by atoms with Gasteiger partial charge in [-0.2, -0.15) is 0 Å². The molecule has 0 spiro atoms. The fraction of sp³-hybridized carbons (Fsp3) is 0.556. The van der Waals surface area contributed by atoms with Crippen LogP contribution in [0.25, 0.3) is 0 Å². The Morgan fingerprint density at radius 2 is 2.00 bits per heavy atom. The quantitative estimate of drug-likeness (QED) is 0.856. The number of ether oxygens (including phenoxy) is 2. The molecule has 3 amide bonds. The Hall–Kier alpha value is -2.44. The average Bonchev–Trinajstić information content (AvgIpc) is 2.84. The highest BCUT2D eigenvalue weighted by atomic mass is 16.5. The zero-order valence-corrected chi connectivity index (χ0v) is 15.5. The van der Waals surface area contributed by atoms with Crippen molar-refractivity contribution in [3.05, 3.63) is 18.2 Å². The first-order valence-corrected chi connectivity index (χ1v) is 8.29. The largest absolute Gasteiger partial charge is 0.497 e. The summed E-state index contributed by atoms with van der Waals surface area (Å²) < 4.78 is 10.4. The van der Waals surface area contributed by atoms with Crippen molar-refractivity contribution in [1.29, 1.82) is 0 Å². The lowest BCUT2D eigenvalue weighted by atomic mass is 9.96. The van der Waals surface area contributed by atoms with Gasteiger partial charge >= 0.3 is 6.03 Å². The number of methoxy groups -OCH3 is 2. The van der Waals surface area contributed by atoms with Gasteiger partial charge in [0.15, 0.2) is 0 Å². The molecule has 0 aromatic heterocycles. The summed E-state index contributed by atoms with van der Waals surface area (Å²) in [7, 11) is 3.09. The van der Waals surface area contributed by atoms with Gasteiger partial charge in [0.05, 0.1) is 25.9 Å². The number of nitrogens with zero attached hydrogens (tertiary/aromatic N) is 1. The van der Waals surface area contributed by atoms with Crippen molar-refractivity contribution in [1.82, 2.24) is 10.2 Å². The van der Waals surface area contributed by atoms with Crippen molar-refractivity contribution in [2.75, 3.05) is 32.6 Å². The second-order valence-electron chi connectivity index (χ2n) is 7.40. The molecule has 2 N–H and O–H groups in total. The zero-order chi connectivity index (χ0) is 18.6. The number of benzene rings is 1. The van der Waals surface area contributed by atoms with Crippen LogP contribution in [-0.2, 0) is 4.79 Å². The van der Waals surface area contributed by atoms with Gasteiger partial charge in [0.1, 0.15) is 11.5 Å². The molecule has 1 aromatic rings. The van der Waals surface area contributed by atoms with Crippen molar-refractivity contribution in [3.8, 4) is 11.5 Å². The van der Waals surface area contributed by atoms with Crippen molar-refractivity contribution in [2.45, 2.75) is 33.2 Å². The van der Waals surface area contributed by atoms with Gasteiger partial charge in [-0.05, 0) is 17.5 Å². The van der Waals surface area contributed by atoms with Crippen molar-refractivity contribution >= 4 is 17.6 Å².